The van der Waals surface area contributed by atoms with Crippen molar-refractivity contribution in [3.8, 4) is 17.6 Å². The summed E-state index contributed by atoms with van der Waals surface area (Å²) < 4.78 is 11.0. The second-order valence-corrected chi connectivity index (χ2v) is 9.43. The molecule has 0 saturated heterocycles. The van der Waals surface area contributed by atoms with E-state index in [1.165, 1.54) is 0 Å². The summed E-state index contributed by atoms with van der Waals surface area (Å²) in [5.74, 6) is 1.16. The maximum atomic E-state index is 13.6. The van der Waals surface area contributed by atoms with Crippen molar-refractivity contribution in [2.75, 3.05) is 11.7 Å². The first kappa shape index (κ1) is 20.2. The molecule has 0 spiro atoms. The molecule has 2 heterocycles. The number of hydrogen-bond acceptors (Lipinski definition) is 6. The fourth-order valence-corrected chi connectivity index (χ4v) is 5.00. The highest BCUT2D eigenvalue weighted by Gasteiger charge is 2.44. The van der Waals surface area contributed by atoms with Gasteiger partial charge in [-0.2, -0.15) is 5.26 Å². The van der Waals surface area contributed by atoms with Crippen LogP contribution >= 0.6 is 0 Å². The van der Waals surface area contributed by atoms with Gasteiger partial charge in [-0.1, -0.05) is 32.0 Å². The number of ether oxygens (including phenoxy) is 2. The van der Waals surface area contributed by atoms with Crippen LogP contribution in [0.1, 0.15) is 43.7 Å². The number of Topliss-reactive ketones (excluding diaryl/α,β-unsaturated/α-hetero) is 1. The molecule has 5 rings (SSSR count). The Labute approximate surface area is 187 Å². The number of ketones is 1. The Kier molecular flexibility index (Phi) is 4.52. The van der Waals surface area contributed by atoms with Crippen LogP contribution in [0.25, 0.3) is 0 Å². The smallest absolute Gasteiger partial charge is 0.231 e. The van der Waals surface area contributed by atoms with Crippen LogP contribution in [0, 0.1) is 23.7 Å². The number of hydrogen-bond donors (Lipinski definition) is 1. The third-order valence-electron chi connectivity index (χ3n) is 6.37. The van der Waals surface area contributed by atoms with E-state index >= 15 is 0 Å². The molecule has 2 aromatic rings. The highest BCUT2D eigenvalue weighted by molar-refractivity contribution is 6.01. The van der Waals surface area contributed by atoms with Gasteiger partial charge in [-0.15, -0.1) is 0 Å². The van der Waals surface area contributed by atoms with Gasteiger partial charge in [-0.05, 0) is 54.2 Å². The summed E-state index contributed by atoms with van der Waals surface area (Å²) in [4.78, 5) is 15.5. The van der Waals surface area contributed by atoms with E-state index in [9.17, 15) is 10.1 Å². The molecule has 1 unspecified atom stereocenters. The monoisotopic (exact) mass is 427 g/mol. The van der Waals surface area contributed by atoms with Crippen LogP contribution in [0.2, 0.25) is 0 Å². The molecule has 162 valence electrons. The van der Waals surface area contributed by atoms with Gasteiger partial charge in [0.25, 0.3) is 0 Å². The molecule has 0 amide bonds. The van der Waals surface area contributed by atoms with Gasteiger partial charge in [0.15, 0.2) is 17.3 Å². The summed E-state index contributed by atoms with van der Waals surface area (Å²) in [5.41, 5.74) is 11.1. The minimum Gasteiger partial charge on any atom is -0.454 e. The van der Waals surface area contributed by atoms with E-state index in [0.717, 1.165) is 22.5 Å². The van der Waals surface area contributed by atoms with Crippen molar-refractivity contribution in [2.24, 2.45) is 11.1 Å². The van der Waals surface area contributed by atoms with Crippen molar-refractivity contribution in [3.63, 3.8) is 0 Å². The number of rotatable bonds is 2. The summed E-state index contributed by atoms with van der Waals surface area (Å²) in [6.45, 7) is 6.37. The number of allylic oxidation sites excluding steroid dienone is 3. The van der Waals surface area contributed by atoms with Gasteiger partial charge in [0, 0.05) is 23.4 Å². The summed E-state index contributed by atoms with van der Waals surface area (Å²) in [6, 6.07) is 15.9. The van der Waals surface area contributed by atoms with Gasteiger partial charge >= 0.3 is 0 Å². The first-order valence-electron chi connectivity index (χ1n) is 10.7. The molecule has 6 nitrogen and oxygen atoms in total. The first-order chi connectivity index (χ1) is 15.3. The van der Waals surface area contributed by atoms with Crippen LogP contribution in [0.15, 0.2) is 65.1 Å². The molecule has 0 aromatic heterocycles. The van der Waals surface area contributed by atoms with E-state index in [-0.39, 0.29) is 18.0 Å². The van der Waals surface area contributed by atoms with E-state index in [0.29, 0.717) is 41.3 Å². The Bertz CT molecular complexity index is 1250. The third-order valence-corrected chi connectivity index (χ3v) is 6.37. The fraction of sp³-hybridized carbons (Fsp3) is 0.308. The number of aryl methyl sites for hydroxylation is 1. The summed E-state index contributed by atoms with van der Waals surface area (Å²) in [7, 11) is 0. The highest BCUT2D eigenvalue weighted by Crippen LogP contribution is 2.51. The van der Waals surface area contributed by atoms with Crippen molar-refractivity contribution in [3.05, 3.63) is 76.3 Å². The van der Waals surface area contributed by atoms with Gasteiger partial charge in [0.2, 0.25) is 6.79 Å². The molecular formula is C26H25N3O3. The molecule has 2 N–H and O–H groups in total. The number of nitrogens with two attached hydrogens (primary N) is 1. The standard InChI is InChI=1S/C26H25N3O3/c1-15-5-4-6-17(9-15)29-19-11-26(2,3)12-20(30)24(19)23(18(13-27)25(29)28)16-7-8-21-22(10-16)32-14-31-21/h4-10,23H,11-12,14,28H2,1-3H3. The van der Waals surface area contributed by atoms with Crippen LogP contribution in [0.3, 0.4) is 0 Å². The molecule has 2 aliphatic heterocycles. The topological polar surface area (TPSA) is 88.6 Å². The Morgan fingerprint density at radius 3 is 2.66 bits per heavy atom. The van der Waals surface area contributed by atoms with Crippen LogP contribution in [0.5, 0.6) is 11.5 Å². The lowest BCUT2D eigenvalue weighted by Crippen LogP contribution is -2.42. The number of carbonyl (C=O) groups excluding carboxylic acids is 1. The average Bonchev–Trinajstić information content (AvgIpc) is 3.20. The van der Waals surface area contributed by atoms with Gasteiger partial charge < -0.3 is 15.2 Å². The van der Waals surface area contributed by atoms with Crippen molar-refractivity contribution < 1.29 is 14.3 Å². The second kappa shape index (κ2) is 7.16. The molecule has 0 fully saturated rings. The Morgan fingerprint density at radius 2 is 1.91 bits per heavy atom. The summed E-state index contributed by atoms with van der Waals surface area (Å²) >= 11 is 0. The Morgan fingerprint density at radius 1 is 1.12 bits per heavy atom. The van der Waals surface area contributed by atoms with Crippen molar-refractivity contribution in [1.82, 2.24) is 0 Å². The first-order valence-corrected chi connectivity index (χ1v) is 10.7. The van der Waals surface area contributed by atoms with Gasteiger partial charge in [-0.25, -0.2) is 0 Å². The minimum atomic E-state index is -0.533. The normalized spacial score (nSPS) is 21.5. The maximum absolute atomic E-state index is 13.6. The molecule has 0 radical (unpaired) electrons. The number of fused-ring (bicyclic) bond motifs is 1. The lowest BCUT2D eigenvalue weighted by molar-refractivity contribution is -0.118. The largest absolute Gasteiger partial charge is 0.454 e. The summed E-state index contributed by atoms with van der Waals surface area (Å²) in [5, 5.41) is 10.2. The van der Waals surface area contributed by atoms with Crippen LogP contribution < -0.4 is 20.1 Å². The van der Waals surface area contributed by atoms with Gasteiger partial charge in [0.1, 0.15) is 5.82 Å². The SMILES string of the molecule is Cc1cccc(N2C(N)=C(C#N)C(c3ccc4c(c3)OCO4)C3=C2CC(C)(C)CC3=O)c1. The van der Waals surface area contributed by atoms with E-state index < -0.39 is 5.92 Å². The van der Waals surface area contributed by atoms with Crippen molar-refractivity contribution >= 4 is 11.5 Å². The molecule has 1 atom stereocenters. The number of nitrogens with zero attached hydrogens (tertiary/aromatic N) is 2. The number of nitriles is 1. The van der Waals surface area contributed by atoms with E-state index in [4.69, 9.17) is 15.2 Å². The lowest BCUT2D eigenvalue weighted by atomic mass is 9.68. The number of carbonyl (C=O) groups is 1. The Balaban J connectivity index is 1.75. The Hall–Kier alpha value is -3.72. The zero-order valence-electron chi connectivity index (χ0n) is 18.4. The minimum absolute atomic E-state index is 0.0526. The molecule has 3 aliphatic rings. The molecule has 2 aromatic carbocycles. The number of benzene rings is 2. The fourth-order valence-electron chi connectivity index (χ4n) is 5.00. The van der Waals surface area contributed by atoms with Crippen LogP contribution in [-0.4, -0.2) is 12.6 Å². The highest BCUT2D eigenvalue weighted by atomic mass is 16.7. The quantitative estimate of drug-likeness (QED) is 0.750. The number of anilines is 1. The van der Waals surface area contributed by atoms with Crippen LogP contribution in [-0.2, 0) is 4.79 Å². The molecule has 0 bridgehead atoms. The summed E-state index contributed by atoms with van der Waals surface area (Å²) in [6.07, 6.45) is 1.11. The predicted octanol–water partition coefficient (Wildman–Crippen LogP) is 4.66. The molecular weight excluding hydrogens is 402 g/mol. The molecule has 0 saturated carbocycles. The molecule has 32 heavy (non-hydrogen) atoms. The van der Waals surface area contributed by atoms with E-state index in [2.05, 4.69) is 19.9 Å². The van der Waals surface area contributed by atoms with Crippen molar-refractivity contribution in [2.45, 2.75) is 39.5 Å². The van der Waals surface area contributed by atoms with E-state index in [1.54, 1.807) is 0 Å². The molecule has 6 heteroatoms. The second-order valence-electron chi connectivity index (χ2n) is 9.43. The predicted molar refractivity (Wildman–Crippen MR) is 121 cm³/mol. The van der Waals surface area contributed by atoms with Crippen LogP contribution in [0.4, 0.5) is 5.69 Å². The lowest BCUT2D eigenvalue weighted by Gasteiger charge is -2.43. The van der Waals surface area contributed by atoms with Crippen molar-refractivity contribution in [1.29, 1.82) is 5.26 Å². The average molecular weight is 428 g/mol. The van der Waals surface area contributed by atoms with Gasteiger partial charge in [-0.3, -0.25) is 9.69 Å². The zero-order chi connectivity index (χ0) is 22.6. The molecule has 1 aliphatic carbocycles. The maximum Gasteiger partial charge on any atom is 0.231 e. The van der Waals surface area contributed by atoms with Gasteiger partial charge in [0.05, 0.1) is 17.6 Å². The zero-order valence-corrected chi connectivity index (χ0v) is 18.4. The van der Waals surface area contributed by atoms with E-state index in [1.807, 2.05) is 54.3 Å². The third kappa shape index (κ3) is 3.13.